The molecule has 0 saturated heterocycles. The first kappa shape index (κ1) is 8.28. The molecule has 2 rings (SSSR count). The second-order valence-corrected chi connectivity index (χ2v) is 5.18. The van der Waals surface area contributed by atoms with E-state index in [0.717, 1.165) is 12.3 Å². The molecule has 0 radical (unpaired) electrons. The number of hydrogen-bond acceptors (Lipinski definition) is 1. The Bertz CT molecular complexity index is 205. The van der Waals surface area contributed by atoms with E-state index in [1.807, 2.05) is 0 Å². The van der Waals surface area contributed by atoms with Gasteiger partial charge in [0.2, 0.25) is 0 Å². The van der Waals surface area contributed by atoms with Gasteiger partial charge >= 0.3 is 0 Å². The van der Waals surface area contributed by atoms with E-state index in [0.29, 0.717) is 11.7 Å². The molecule has 2 aliphatic carbocycles. The zero-order chi connectivity index (χ0) is 8.77. The predicted octanol–water partition coefficient (Wildman–Crippen LogP) is 2.79. The number of ketones is 1. The van der Waals surface area contributed by atoms with Gasteiger partial charge < -0.3 is 0 Å². The molecule has 2 saturated carbocycles. The first-order valence-electron chi connectivity index (χ1n) is 5.14. The predicted molar refractivity (Wildman–Crippen MR) is 48.9 cm³/mol. The smallest absolute Gasteiger partial charge is 0.141 e. The van der Waals surface area contributed by atoms with Crippen molar-refractivity contribution in [2.75, 3.05) is 0 Å². The van der Waals surface area contributed by atoms with E-state index in [-0.39, 0.29) is 5.41 Å². The third kappa shape index (κ3) is 1.19. The molecule has 0 spiro atoms. The third-order valence-corrected chi connectivity index (χ3v) is 3.62. The topological polar surface area (TPSA) is 17.1 Å². The summed E-state index contributed by atoms with van der Waals surface area (Å²) in [6.07, 6.45) is 6.16. The highest BCUT2D eigenvalue weighted by molar-refractivity contribution is 5.87. The molecule has 0 aromatic carbocycles. The van der Waals surface area contributed by atoms with Gasteiger partial charge in [0.25, 0.3) is 0 Å². The standard InChI is InChI=1S/C11H18O/c1-11(2)7-8-4-3-5-9(6-8)10(11)12/h8-9H,3-7H2,1-2H3/t8-,9+/m1/s1. The van der Waals surface area contributed by atoms with Crippen molar-refractivity contribution in [3.05, 3.63) is 0 Å². The van der Waals surface area contributed by atoms with Crippen LogP contribution in [0.1, 0.15) is 46.0 Å². The van der Waals surface area contributed by atoms with E-state index in [4.69, 9.17) is 0 Å². The summed E-state index contributed by atoms with van der Waals surface area (Å²) in [4.78, 5) is 11.9. The van der Waals surface area contributed by atoms with Crippen molar-refractivity contribution in [2.45, 2.75) is 46.0 Å². The fourth-order valence-electron chi connectivity index (χ4n) is 3.09. The Morgan fingerprint density at radius 2 is 2.08 bits per heavy atom. The summed E-state index contributed by atoms with van der Waals surface area (Å²) in [6, 6.07) is 0. The van der Waals surface area contributed by atoms with E-state index in [2.05, 4.69) is 13.8 Å². The highest BCUT2D eigenvalue weighted by Crippen LogP contribution is 2.45. The van der Waals surface area contributed by atoms with E-state index < -0.39 is 0 Å². The van der Waals surface area contributed by atoms with Crippen molar-refractivity contribution in [1.29, 1.82) is 0 Å². The quantitative estimate of drug-likeness (QED) is 0.541. The fraction of sp³-hybridized carbons (Fsp3) is 0.909. The van der Waals surface area contributed by atoms with Crippen LogP contribution >= 0.6 is 0 Å². The van der Waals surface area contributed by atoms with Crippen molar-refractivity contribution in [1.82, 2.24) is 0 Å². The van der Waals surface area contributed by atoms with E-state index in [1.165, 1.54) is 25.7 Å². The average Bonchev–Trinajstić information content (AvgIpc) is 2.01. The molecule has 0 unspecified atom stereocenters. The number of Topliss-reactive ketones (excluding diaryl/α,β-unsaturated/α-hetero) is 1. The van der Waals surface area contributed by atoms with Gasteiger partial charge in [0.1, 0.15) is 5.78 Å². The number of carbonyl (C=O) groups is 1. The molecule has 0 N–H and O–H groups in total. The lowest BCUT2D eigenvalue weighted by molar-refractivity contribution is -0.138. The number of fused-ring (bicyclic) bond motifs is 2. The molecule has 2 atom stereocenters. The lowest BCUT2D eigenvalue weighted by atomic mass is 9.61. The van der Waals surface area contributed by atoms with Crippen LogP contribution in [0.3, 0.4) is 0 Å². The van der Waals surface area contributed by atoms with Crippen molar-refractivity contribution in [3.63, 3.8) is 0 Å². The monoisotopic (exact) mass is 166 g/mol. The van der Waals surface area contributed by atoms with Gasteiger partial charge in [-0.2, -0.15) is 0 Å². The summed E-state index contributed by atoms with van der Waals surface area (Å²) in [5.41, 5.74) is -0.00595. The Labute approximate surface area is 74.5 Å². The van der Waals surface area contributed by atoms with E-state index in [9.17, 15) is 4.79 Å². The van der Waals surface area contributed by atoms with Crippen LogP contribution in [0.5, 0.6) is 0 Å². The molecule has 0 aliphatic heterocycles. The Kier molecular flexibility index (Phi) is 1.78. The fourth-order valence-corrected chi connectivity index (χ4v) is 3.09. The Balaban J connectivity index is 2.20. The molecule has 0 amide bonds. The maximum Gasteiger partial charge on any atom is 0.141 e. The normalized spacial score (nSPS) is 39.7. The van der Waals surface area contributed by atoms with E-state index >= 15 is 0 Å². The van der Waals surface area contributed by atoms with Crippen LogP contribution in [0, 0.1) is 17.3 Å². The van der Waals surface area contributed by atoms with Crippen LogP contribution in [0.4, 0.5) is 0 Å². The summed E-state index contributed by atoms with van der Waals surface area (Å²) < 4.78 is 0. The minimum absolute atomic E-state index is 0.00595. The SMILES string of the molecule is CC1(C)C[C@@H]2CCC[C@@H](C2)C1=O. The highest BCUT2D eigenvalue weighted by Gasteiger charge is 2.42. The van der Waals surface area contributed by atoms with Gasteiger partial charge in [-0.3, -0.25) is 4.79 Å². The van der Waals surface area contributed by atoms with Crippen LogP contribution in [-0.4, -0.2) is 5.78 Å². The van der Waals surface area contributed by atoms with Crippen LogP contribution in [0.2, 0.25) is 0 Å². The average molecular weight is 166 g/mol. The maximum atomic E-state index is 11.9. The van der Waals surface area contributed by atoms with Crippen molar-refractivity contribution in [3.8, 4) is 0 Å². The lowest BCUT2D eigenvalue weighted by Gasteiger charge is -2.42. The summed E-state index contributed by atoms with van der Waals surface area (Å²) in [7, 11) is 0. The molecule has 68 valence electrons. The Morgan fingerprint density at radius 3 is 2.83 bits per heavy atom. The first-order valence-corrected chi connectivity index (χ1v) is 5.14. The zero-order valence-electron chi connectivity index (χ0n) is 8.10. The molecule has 1 nitrogen and oxygen atoms in total. The van der Waals surface area contributed by atoms with Gasteiger partial charge in [-0.1, -0.05) is 26.7 Å². The second-order valence-electron chi connectivity index (χ2n) is 5.18. The van der Waals surface area contributed by atoms with Crippen molar-refractivity contribution >= 4 is 5.78 Å². The third-order valence-electron chi connectivity index (χ3n) is 3.62. The minimum Gasteiger partial charge on any atom is -0.299 e. The van der Waals surface area contributed by atoms with Gasteiger partial charge in [0.15, 0.2) is 0 Å². The van der Waals surface area contributed by atoms with Crippen LogP contribution in [-0.2, 0) is 4.79 Å². The highest BCUT2D eigenvalue weighted by atomic mass is 16.1. The number of rotatable bonds is 0. The van der Waals surface area contributed by atoms with E-state index in [1.54, 1.807) is 0 Å². The molecule has 0 aromatic heterocycles. The molecular formula is C11H18O. The van der Waals surface area contributed by atoms with Gasteiger partial charge in [0, 0.05) is 11.3 Å². The van der Waals surface area contributed by atoms with Gasteiger partial charge in [-0.25, -0.2) is 0 Å². The zero-order valence-corrected chi connectivity index (χ0v) is 8.10. The summed E-state index contributed by atoms with van der Waals surface area (Å²) in [5, 5.41) is 0. The lowest BCUT2D eigenvalue weighted by Crippen LogP contribution is -2.41. The first-order chi connectivity index (χ1) is 5.59. The van der Waals surface area contributed by atoms with Crippen molar-refractivity contribution in [2.24, 2.45) is 17.3 Å². The van der Waals surface area contributed by atoms with Crippen LogP contribution in [0.15, 0.2) is 0 Å². The Morgan fingerprint density at radius 1 is 1.33 bits per heavy atom. The Hall–Kier alpha value is -0.330. The molecule has 2 bridgehead atoms. The van der Waals surface area contributed by atoms with Crippen LogP contribution < -0.4 is 0 Å². The number of carbonyl (C=O) groups excluding carboxylic acids is 1. The molecular weight excluding hydrogens is 148 g/mol. The molecule has 0 heterocycles. The van der Waals surface area contributed by atoms with Gasteiger partial charge in [-0.15, -0.1) is 0 Å². The minimum atomic E-state index is -0.00595. The van der Waals surface area contributed by atoms with Crippen LogP contribution in [0.25, 0.3) is 0 Å². The molecule has 2 aliphatic rings. The summed E-state index contributed by atoms with van der Waals surface area (Å²) in [6.45, 7) is 4.25. The largest absolute Gasteiger partial charge is 0.299 e. The van der Waals surface area contributed by atoms with Gasteiger partial charge in [-0.05, 0) is 25.2 Å². The second kappa shape index (κ2) is 2.58. The van der Waals surface area contributed by atoms with Gasteiger partial charge in [0.05, 0.1) is 0 Å². The number of hydrogen-bond donors (Lipinski definition) is 0. The summed E-state index contributed by atoms with van der Waals surface area (Å²) in [5.74, 6) is 1.82. The maximum absolute atomic E-state index is 11.9. The molecule has 1 heteroatoms. The molecule has 0 aromatic rings. The molecule has 12 heavy (non-hydrogen) atoms. The van der Waals surface area contributed by atoms with Crippen molar-refractivity contribution < 1.29 is 4.79 Å². The molecule has 2 fully saturated rings. The summed E-state index contributed by atoms with van der Waals surface area (Å²) >= 11 is 0.